The standard InChI is InChI=1S/C29H26N2O2/c1-21(22-12-5-2-6-13-22)30-28(32)25-18-11-19-26(20-25)31-29(33)27(23-14-7-3-8-15-23)24-16-9-4-10-17-24/h2-21,27H,1H3,(H,30,32)(H,31,33). The van der Waals surface area contributed by atoms with Crippen LogP contribution in [0.4, 0.5) is 5.69 Å². The molecule has 0 saturated carbocycles. The van der Waals surface area contributed by atoms with Crippen LogP contribution in [0.2, 0.25) is 0 Å². The minimum atomic E-state index is -0.456. The number of hydrogen-bond acceptors (Lipinski definition) is 2. The van der Waals surface area contributed by atoms with Crippen molar-refractivity contribution in [2.24, 2.45) is 0 Å². The Labute approximate surface area is 194 Å². The Morgan fingerprint density at radius 2 is 1.15 bits per heavy atom. The molecule has 2 amide bonds. The highest BCUT2D eigenvalue weighted by Crippen LogP contribution is 2.26. The van der Waals surface area contributed by atoms with Gasteiger partial charge in [0.25, 0.3) is 5.91 Å². The molecule has 33 heavy (non-hydrogen) atoms. The fourth-order valence-corrected chi connectivity index (χ4v) is 3.84. The van der Waals surface area contributed by atoms with Crippen LogP contribution in [0.3, 0.4) is 0 Å². The average Bonchev–Trinajstić information content (AvgIpc) is 2.86. The van der Waals surface area contributed by atoms with Gasteiger partial charge in [-0.3, -0.25) is 9.59 Å². The minimum absolute atomic E-state index is 0.127. The molecular formula is C29H26N2O2. The maximum atomic E-state index is 13.3. The van der Waals surface area contributed by atoms with Crippen LogP contribution in [-0.2, 0) is 4.79 Å². The van der Waals surface area contributed by atoms with Crippen LogP contribution in [0.15, 0.2) is 115 Å². The van der Waals surface area contributed by atoms with Crippen LogP contribution in [0, 0.1) is 0 Å². The van der Waals surface area contributed by atoms with Gasteiger partial charge >= 0.3 is 0 Å². The average molecular weight is 435 g/mol. The molecule has 0 bridgehead atoms. The van der Waals surface area contributed by atoms with E-state index in [0.29, 0.717) is 11.3 Å². The SMILES string of the molecule is CC(NC(=O)c1cccc(NC(=O)C(c2ccccc2)c2ccccc2)c1)c1ccccc1. The van der Waals surface area contributed by atoms with Crippen molar-refractivity contribution < 1.29 is 9.59 Å². The van der Waals surface area contributed by atoms with Crippen molar-refractivity contribution in [3.05, 3.63) is 138 Å². The molecule has 0 aromatic heterocycles. The van der Waals surface area contributed by atoms with Gasteiger partial charge in [0.15, 0.2) is 0 Å². The smallest absolute Gasteiger partial charge is 0.251 e. The Morgan fingerprint density at radius 3 is 1.70 bits per heavy atom. The molecule has 0 aliphatic heterocycles. The zero-order chi connectivity index (χ0) is 23.0. The lowest BCUT2D eigenvalue weighted by molar-refractivity contribution is -0.116. The van der Waals surface area contributed by atoms with Gasteiger partial charge in [-0.25, -0.2) is 0 Å². The van der Waals surface area contributed by atoms with Gasteiger partial charge in [0.1, 0.15) is 0 Å². The Morgan fingerprint density at radius 1 is 0.636 bits per heavy atom. The van der Waals surface area contributed by atoms with Crippen LogP contribution in [0.1, 0.15) is 45.9 Å². The van der Waals surface area contributed by atoms with E-state index in [4.69, 9.17) is 0 Å². The first-order valence-electron chi connectivity index (χ1n) is 11.0. The van der Waals surface area contributed by atoms with Crippen LogP contribution < -0.4 is 10.6 Å². The monoisotopic (exact) mass is 434 g/mol. The number of benzene rings is 4. The Kier molecular flexibility index (Phi) is 6.96. The first-order chi connectivity index (χ1) is 16.1. The zero-order valence-electron chi connectivity index (χ0n) is 18.4. The molecule has 0 aliphatic rings. The van der Waals surface area contributed by atoms with Crippen LogP contribution in [0.5, 0.6) is 0 Å². The van der Waals surface area contributed by atoms with Gasteiger partial charge in [-0.1, -0.05) is 97.1 Å². The predicted octanol–water partition coefficient (Wildman–Crippen LogP) is 5.95. The number of anilines is 1. The summed E-state index contributed by atoms with van der Waals surface area (Å²) in [6, 6.07) is 36.1. The molecule has 4 nitrogen and oxygen atoms in total. The first kappa shape index (κ1) is 22.0. The van der Waals surface area contributed by atoms with E-state index in [1.54, 1.807) is 24.3 Å². The molecule has 4 heteroatoms. The summed E-state index contributed by atoms with van der Waals surface area (Å²) in [6.45, 7) is 1.95. The van der Waals surface area contributed by atoms with Crippen molar-refractivity contribution in [3.63, 3.8) is 0 Å². The van der Waals surface area contributed by atoms with E-state index >= 15 is 0 Å². The molecule has 1 atom stereocenters. The molecule has 0 radical (unpaired) electrons. The summed E-state index contributed by atoms with van der Waals surface area (Å²) >= 11 is 0. The van der Waals surface area contributed by atoms with E-state index in [9.17, 15) is 9.59 Å². The maximum Gasteiger partial charge on any atom is 0.251 e. The number of carbonyl (C=O) groups is 2. The summed E-state index contributed by atoms with van der Waals surface area (Å²) in [5, 5.41) is 6.02. The van der Waals surface area contributed by atoms with Gasteiger partial charge in [0, 0.05) is 11.3 Å². The van der Waals surface area contributed by atoms with Gasteiger partial charge < -0.3 is 10.6 Å². The quantitative estimate of drug-likeness (QED) is 0.378. The Bertz CT molecular complexity index is 1170. The lowest BCUT2D eigenvalue weighted by atomic mass is 9.90. The molecule has 0 aliphatic carbocycles. The Hall–Kier alpha value is -4.18. The van der Waals surface area contributed by atoms with Crippen molar-refractivity contribution in [1.82, 2.24) is 5.32 Å². The van der Waals surface area contributed by atoms with E-state index in [2.05, 4.69) is 10.6 Å². The number of hydrogen-bond donors (Lipinski definition) is 2. The molecule has 0 heterocycles. The van der Waals surface area contributed by atoms with E-state index in [1.807, 2.05) is 97.9 Å². The molecule has 0 saturated heterocycles. The summed E-state index contributed by atoms with van der Waals surface area (Å²) in [4.78, 5) is 26.2. The third-order valence-corrected chi connectivity index (χ3v) is 5.57. The van der Waals surface area contributed by atoms with Crippen molar-refractivity contribution >= 4 is 17.5 Å². The Balaban J connectivity index is 1.52. The summed E-state index contributed by atoms with van der Waals surface area (Å²) in [7, 11) is 0. The van der Waals surface area contributed by atoms with Gasteiger partial charge in [0.2, 0.25) is 5.91 Å². The molecule has 164 valence electrons. The first-order valence-corrected chi connectivity index (χ1v) is 11.0. The van der Waals surface area contributed by atoms with Crippen LogP contribution in [-0.4, -0.2) is 11.8 Å². The summed E-state index contributed by atoms with van der Waals surface area (Å²) in [6.07, 6.45) is 0. The number of amides is 2. The van der Waals surface area contributed by atoms with E-state index in [-0.39, 0.29) is 17.9 Å². The molecule has 4 aromatic carbocycles. The van der Waals surface area contributed by atoms with Gasteiger partial charge in [-0.05, 0) is 41.8 Å². The van der Waals surface area contributed by atoms with Gasteiger partial charge in [0.05, 0.1) is 12.0 Å². The minimum Gasteiger partial charge on any atom is -0.346 e. The fraction of sp³-hybridized carbons (Fsp3) is 0.103. The molecule has 0 fully saturated rings. The summed E-state index contributed by atoms with van der Waals surface area (Å²) in [5.74, 6) is -0.796. The zero-order valence-corrected chi connectivity index (χ0v) is 18.4. The van der Waals surface area contributed by atoms with E-state index in [0.717, 1.165) is 16.7 Å². The second-order valence-corrected chi connectivity index (χ2v) is 7.93. The second kappa shape index (κ2) is 10.4. The van der Waals surface area contributed by atoms with Gasteiger partial charge in [-0.15, -0.1) is 0 Å². The van der Waals surface area contributed by atoms with E-state index in [1.165, 1.54) is 0 Å². The highest BCUT2D eigenvalue weighted by atomic mass is 16.2. The molecular weight excluding hydrogens is 408 g/mol. The third-order valence-electron chi connectivity index (χ3n) is 5.57. The highest BCUT2D eigenvalue weighted by molar-refractivity contribution is 6.00. The summed E-state index contributed by atoms with van der Waals surface area (Å²) < 4.78 is 0. The van der Waals surface area contributed by atoms with E-state index < -0.39 is 5.92 Å². The van der Waals surface area contributed by atoms with Crippen molar-refractivity contribution in [3.8, 4) is 0 Å². The van der Waals surface area contributed by atoms with Crippen molar-refractivity contribution in [2.75, 3.05) is 5.32 Å². The largest absolute Gasteiger partial charge is 0.346 e. The highest BCUT2D eigenvalue weighted by Gasteiger charge is 2.23. The fourth-order valence-electron chi connectivity index (χ4n) is 3.84. The molecule has 4 aromatic rings. The van der Waals surface area contributed by atoms with Crippen molar-refractivity contribution in [2.45, 2.75) is 18.9 Å². The molecule has 1 unspecified atom stereocenters. The molecule has 2 N–H and O–H groups in total. The number of rotatable bonds is 7. The third kappa shape index (κ3) is 5.55. The van der Waals surface area contributed by atoms with Crippen molar-refractivity contribution in [1.29, 1.82) is 0 Å². The molecule has 4 rings (SSSR count). The van der Waals surface area contributed by atoms with Gasteiger partial charge in [-0.2, -0.15) is 0 Å². The van der Waals surface area contributed by atoms with Crippen LogP contribution >= 0.6 is 0 Å². The normalized spacial score (nSPS) is 11.6. The predicted molar refractivity (Wildman–Crippen MR) is 132 cm³/mol. The second-order valence-electron chi connectivity index (χ2n) is 7.93. The van der Waals surface area contributed by atoms with Crippen LogP contribution in [0.25, 0.3) is 0 Å². The lowest BCUT2D eigenvalue weighted by Gasteiger charge is -2.18. The number of nitrogens with one attached hydrogen (secondary N) is 2. The number of carbonyl (C=O) groups excluding carboxylic acids is 2. The topological polar surface area (TPSA) is 58.2 Å². The molecule has 0 spiro atoms. The maximum absolute atomic E-state index is 13.3. The lowest BCUT2D eigenvalue weighted by Crippen LogP contribution is -2.27. The summed E-state index contributed by atoms with van der Waals surface area (Å²) in [5.41, 5.74) is 3.92.